The normalized spacial score (nSPS) is 13.1. The molecule has 94 valence electrons. The number of rotatable bonds is 0. The summed E-state index contributed by atoms with van der Waals surface area (Å²) in [4.78, 5) is 4.51. The van der Waals surface area contributed by atoms with Crippen LogP contribution in [0.15, 0.2) is 65.8 Å². The smallest absolute Gasteiger partial charge is 0.122 e. The van der Waals surface area contributed by atoms with Crippen molar-refractivity contribution in [2.45, 2.75) is 6.42 Å². The Kier molecular flexibility index (Phi) is 3.41. The minimum atomic E-state index is 0.778. The number of benzene rings is 3. The molecule has 4 rings (SSSR count). The summed E-state index contributed by atoms with van der Waals surface area (Å²) in [7, 11) is 0. The average Bonchev–Trinajstić information content (AvgIpc) is 3.04. The molecule has 0 amide bonds. The standard InChI is InChI=1S/C14H10.C3H5NO/c1-2-6-12-10-14-8-4-3-7-13(14)9-11(12)5-1;1-2-4-5-3-1/h1-10H;2H,1,3H2. The highest BCUT2D eigenvalue weighted by molar-refractivity contribution is 5.98. The van der Waals surface area contributed by atoms with Crippen molar-refractivity contribution in [2.75, 3.05) is 6.61 Å². The Morgan fingerprint density at radius 2 is 1.21 bits per heavy atom. The van der Waals surface area contributed by atoms with E-state index in [4.69, 9.17) is 0 Å². The summed E-state index contributed by atoms with van der Waals surface area (Å²) in [5.74, 6) is 0. The third-order valence-corrected chi connectivity index (χ3v) is 3.10. The molecule has 19 heavy (non-hydrogen) atoms. The Labute approximate surface area is 112 Å². The highest BCUT2D eigenvalue weighted by Crippen LogP contribution is 2.21. The van der Waals surface area contributed by atoms with E-state index < -0.39 is 0 Å². The van der Waals surface area contributed by atoms with E-state index >= 15 is 0 Å². The van der Waals surface area contributed by atoms with E-state index in [0.29, 0.717) is 0 Å². The maximum absolute atomic E-state index is 4.51. The van der Waals surface area contributed by atoms with E-state index in [1.807, 2.05) is 0 Å². The summed E-state index contributed by atoms with van der Waals surface area (Å²) in [6.45, 7) is 0.778. The van der Waals surface area contributed by atoms with E-state index in [1.54, 1.807) is 6.21 Å². The maximum Gasteiger partial charge on any atom is 0.122 e. The monoisotopic (exact) mass is 249 g/mol. The fraction of sp³-hybridized carbons (Fsp3) is 0.118. The maximum atomic E-state index is 4.51. The van der Waals surface area contributed by atoms with Gasteiger partial charge >= 0.3 is 0 Å². The number of nitrogens with zero attached hydrogens (tertiary/aromatic N) is 1. The zero-order valence-corrected chi connectivity index (χ0v) is 10.6. The lowest BCUT2D eigenvalue weighted by Crippen LogP contribution is -1.74. The fourth-order valence-corrected chi connectivity index (χ4v) is 2.15. The summed E-state index contributed by atoms with van der Waals surface area (Å²) >= 11 is 0. The van der Waals surface area contributed by atoms with E-state index in [2.05, 4.69) is 70.7 Å². The molecule has 3 aromatic carbocycles. The molecule has 0 spiro atoms. The van der Waals surface area contributed by atoms with Gasteiger partial charge in [0.15, 0.2) is 0 Å². The van der Waals surface area contributed by atoms with Crippen molar-refractivity contribution in [1.82, 2.24) is 0 Å². The van der Waals surface area contributed by atoms with Gasteiger partial charge in [0.05, 0.1) is 0 Å². The lowest BCUT2D eigenvalue weighted by Gasteiger charge is -2.00. The topological polar surface area (TPSA) is 21.6 Å². The third-order valence-electron chi connectivity index (χ3n) is 3.10. The van der Waals surface area contributed by atoms with Crippen LogP contribution in [-0.2, 0) is 4.84 Å². The van der Waals surface area contributed by atoms with Gasteiger partial charge in [-0.05, 0) is 33.7 Å². The molecule has 0 saturated carbocycles. The minimum absolute atomic E-state index is 0.778. The fourth-order valence-electron chi connectivity index (χ4n) is 2.15. The quantitative estimate of drug-likeness (QED) is 0.542. The van der Waals surface area contributed by atoms with Crippen molar-refractivity contribution >= 4 is 27.8 Å². The van der Waals surface area contributed by atoms with Gasteiger partial charge in [0.25, 0.3) is 0 Å². The molecule has 1 aliphatic heterocycles. The molecular formula is C17H15NO. The first-order valence-corrected chi connectivity index (χ1v) is 6.45. The van der Waals surface area contributed by atoms with Crippen LogP contribution in [0.3, 0.4) is 0 Å². The van der Waals surface area contributed by atoms with Crippen LogP contribution in [0.5, 0.6) is 0 Å². The molecule has 2 nitrogen and oxygen atoms in total. The number of fused-ring (bicyclic) bond motifs is 2. The largest absolute Gasteiger partial charge is 0.396 e. The minimum Gasteiger partial charge on any atom is -0.396 e. The summed E-state index contributed by atoms with van der Waals surface area (Å²) < 4.78 is 0. The van der Waals surface area contributed by atoms with Crippen molar-refractivity contribution in [3.8, 4) is 0 Å². The van der Waals surface area contributed by atoms with Crippen LogP contribution in [0.2, 0.25) is 0 Å². The van der Waals surface area contributed by atoms with Crippen molar-refractivity contribution in [1.29, 1.82) is 0 Å². The molecule has 0 aromatic heterocycles. The molecule has 0 fully saturated rings. The molecule has 0 atom stereocenters. The van der Waals surface area contributed by atoms with Gasteiger partial charge < -0.3 is 4.84 Å². The summed E-state index contributed by atoms with van der Waals surface area (Å²) in [6.07, 6.45) is 2.75. The van der Waals surface area contributed by atoms with Crippen LogP contribution in [0.25, 0.3) is 21.5 Å². The zero-order chi connectivity index (χ0) is 12.9. The highest BCUT2D eigenvalue weighted by atomic mass is 16.6. The van der Waals surface area contributed by atoms with E-state index in [-0.39, 0.29) is 0 Å². The second kappa shape index (κ2) is 5.53. The molecule has 1 aliphatic rings. The number of hydrogen-bond donors (Lipinski definition) is 0. The van der Waals surface area contributed by atoms with Crippen LogP contribution < -0.4 is 0 Å². The molecular weight excluding hydrogens is 234 g/mol. The number of hydrogen-bond acceptors (Lipinski definition) is 2. The van der Waals surface area contributed by atoms with Gasteiger partial charge in [-0.2, -0.15) is 0 Å². The first-order valence-electron chi connectivity index (χ1n) is 6.45. The lowest BCUT2D eigenvalue weighted by molar-refractivity contribution is 0.174. The summed E-state index contributed by atoms with van der Waals surface area (Å²) in [6, 6.07) is 21.4. The molecule has 0 N–H and O–H groups in total. The van der Waals surface area contributed by atoms with E-state index in [1.165, 1.54) is 21.5 Å². The third kappa shape index (κ3) is 2.74. The van der Waals surface area contributed by atoms with E-state index in [0.717, 1.165) is 13.0 Å². The molecule has 1 heterocycles. The van der Waals surface area contributed by atoms with Gasteiger partial charge in [0.2, 0.25) is 0 Å². The number of oxime groups is 1. The van der Waals surface area contributed by atoms with Gasteiger partial charge in [0.1, 0.15) is 6.61 Å². The Balaban J connectivity index is 0.000000187. The SMILES string of the molecule is C1=NOCC1.c1ccc2cc3ccccc3cc2c1. The van der Waals surface area contributed by atoms with Crippen molar-refractivity contribution in [2.24, 2.45) is 5.16 Å². The first-order chi connectivity index (χ1) is 9.43. The first kappa shape index (κ1) is 11.7. The Bertz CT molecular complexity index is 607. The summed E-state index contributed by atoms with van der Waals surface area (Å²) in [5, 5.41) is 8.70. The van der Waals surface area contributed by atoms with Crippen LogP contribution in [-0.4, -0.2) is 12.8 Å². The predicted octanol–water partition coefficient (Wildman–Crippen LogP) is 4.39. The van der Waals surface area contributed by atoms with Crippen molar-refractivity contribution < 1.29 is 4.84 Å². The summed E-state index contributed by atoms with van der Waals surface area (Å²) in [5.41, 5.74) is 0. The van der Waals surface area contributed by atoms with Crippen LogP contribution in [0.1, 0.15) is 6.42 Å². The van der Waals surface area contributed by atoms with Gasteiger partial charge in [0, 0.05) is 12.6 Å². The highest BCUT2D eigenvalue weighted by Gasteiger charge is 1.95. The van der Waals surface area contributed by atoms with E-state index in [9.17, 15) is 0 Å². The van der Waals surface area contributed by atoms with Gasteiger partial charge in [-0.25, -0.2) is 0 Å². The second-order valence-electron chi connectivity index (χ2n) is 4.46. The molecule has 0 radical (unpaired) electrons. The van der Waals surface area contributed by atoms with Crippen LogP contribution in [0.4, 0.5) is 0 Å². The zero-order valence-electron chi connectivity index (χ0n) is 10.6. The van der Waals surface area contributed by atoms with Gasteiger partial charge in [-0.15, -0.1) is 0 Å². The van der Waals surface area contributed by atoms with Crippen molar-refractivity contribution in [3.05, 3.63) is 60.7 Å². The molecule has 0 saturated heterocycles. The second-order valence-corrected chi connectivity index (χ2v) is 4.46. The van der Waals surface area contributed by atoms with Crippen LogP contribution in [0, 0.1) is 0 Å². The molecule has 0 unspecified atom stereocenters. The average molecular weight is 249 g/mol. The lowest BCUT2D eigenvalue weighted by atomic mass is 10.0. The van der Waals surface area contributed by atoms with Gasteiger partial charge in [-0.3, -0.25) is 0 Å². The predicted molar refractivity (Wildman–Crippen MR) is 80.5 cm³/mol. The Morgan fingerprint density at radius 1 is 0.737 bits per heavy atom. The van der Waals surface area contributed by atoms with Crippen molar-refractivity contribution in [3.63, 3.8) is 0 Å². The molecule has 2 heteroatoms. The van der Waals surface area contributed by atoms with Crippen LogP contribution >= 0.6 is 0 Å². The molecule has 0 bridgehead atoms. The Morgan fingerprint density at radius 3 is 1.47 bits per heavy atom. The Hall–Kier alpha value is -2.35. The van der Waals surface area contributed by atoms with Gasteiger partial charge in [-0.1, -0.05) is 53.7 Å². The molecule has 0 aliphatic carbocycles. The molecule has 3 aromatic rings.